The molecule has 0 amide bonds. The molecule has 0 bridgehead atoms. The van der Waals surface area contributed by atoms with Crippen LogP contribution in [0.15, 0.2) is 62.2 Å². The second kappa shape index (κ2) is 5.63. The molecule has 0 aliphatic rings. The van der Waals surface area contributed by atoms with Crippen LogP contribution in [0.5, 0.6) is 5.75 Å². The highest BCUT2D eigenvalue weighted by Gasteiger charge is 2.17. The Hall–Kier alpha value is -3.34. The van der Waals surface area contributed by atoms with Gasteiger partial charge >= 0.3 is 11.6 Å². The zero-order valence-corrected chi connectivity index (χ0v) is 13.7. The van der Waals surface area contributed by atoms with E-state index in [9.17, 15) is 9.59 Å². The molecule has 0 radical (unpaired) electrons. The molecule has 0 saturated heterocycles. The Morgan fingerprint density at radius 2 is 1.80 bits per heavy atom. The third kappa shape index (κ3) is 2.59. The van der Waals surface area contributed by atoms with Crippen molar-refractivity contribution in [2.24, 2.45) is 0 Å². The van der Waals surface area contributed by atoms with Gasteiger partial charge < -0.3 is 13.6 Å². The average Bonchev–Trinajstić information content (AvgIpc) is 3.02. The van der Waals surface area contributed by atoms with Crippen LogP contribution in [-0.2, 0) is 0 Å². The molecule has 0 fully saturated rings. The molecule has 25 heavy (non-hydrogen) atoms. The van der Waals surface area contributed by atoms with E-state index in [0.29, 0.717) is 22.5 Å². The monoisotopic (exact) mass is 334 g/mol. The zero-order valence-electron chi connectivity index (χ0n) is 13.7. The highest BCUT2D eigenvalue weighted by atomic mass is 16.5. The van der Waals surface area contributed by atoms with Crippen molar-refractivity contribution in [3.63, 3.8) is 0 Å². The van der Waals surface area contributed by atoms with Crippen LogP contribution in [0.3, 0.4) is 0 Å². The van der Waals surface area contributed by atoms with Gasteiger partial charge in [0.25, 0.3) is 0 Å². The minimum Gasteiger partial charge on any atom is -0.449 e. The van der Waals surface area contributed by atoms with Crippen molar-refractivity contribution in [1.29, 1.82) is 0 Å². The molecule has 0 aliphatic heterocycles. The topological polar surface area (TPSA) is 69.7 Å². The van der Waals surface area contributed by atoms with Crippen LogP contribution in [0.4, 0.5) is 0 Å². The fourth-order valence-electron chi connectivity index (χ4n) is 2.84. The molecule has 0 spiro atoms. The third-order valence-corrected chi connectivity index (χ3v) is 4.15. The Morgan fingerprint density at radius 3 is 2.60 bits per heavy atom. The molecule has 2 aromatic carbocycles. The molecule has 4 rings (SSSR count). The quantitative estimate of drug-likeness (QED) is 0.309. The molecule has 5 heteroatoms. The Bertz CT molecular complexity index is 1150. The van der Waals surface area contributed by atoms with Gasteiger partial charge in [-0.1, -0.05) is 18.2 Å². The third-order valence-electron chi connectivity index (χ3n) is 4.15. The van der Waals surface area contributed by atoms with E-state index in [4.69, 9.17) is 13.6 Å². The number of aryl methyl sites for hydroxylation is 2. The van der Waals surface area contributed by atoms with E-state index in [1.807, 2.05) is 25.1 Å². The minimum absolute atomic E-state index is 0.117. The lowest BCUT2D eigenvalue weighted by Gasteiger charge is -2.09. The van der Waals surface area contributed by atoms with Crippen LogP contribution in [0.25, 0.3) is 21.9 Å². The van der Waals surface area contributed by atoms with Gasteiger partial charge in [-0.3, -0.25) is 0 Å². The largest absolute Gasteiger partial charge is 0.449 e. The van der Waals surface area contributed by atoms with Crippen LogP contribution < -0.4 is 10.4 Å². The van der Waals surface area contributed by atoms with Crippen molar-refractivity contribution >= 4 is 27.9 Å². The van der Waals surface area contributed by atoms with E-state index in [0.717, 1.165) is 16.3 Å². The molecule has 0 unspecified atom stereocenters. The van der Waals surface area contributed by atoms with Gasteiger partial charge in [0.1, 0.15) is 16.9 Å². The summed E-state index contributed by atoms with van der Waals surface area (Å²) in [6.45, 7) is 3.57. The summed E-state index contributed by atoms with van der Waals surface area (Å²) < 4.78 is 16.3. The highest BCUT2D eigenvalue weighted by Crippen LogP contribution is 2.29. The van der Waals surface area contributed by atoms with Crippen LogP contribution in [-0.4, -0.2) is 5.97 Å². The predicted octanol–water partition coefficient (Wildman–Crippen LogP) is 4.38. The number of hydrogen-bond donors (Lipinski definition) is 0. The van der Waals surface area contributed by atoms with Crippen LogP contribution >= 0.6 is 0 Å². The molecule has 0 aliphatic carbocycles. The number of benzene rings is 2. The lowest BCUT2D eigenvalue weighted by Crippen LogP contribution is -2.08. The molecule has 5 nitrogen and oxygen atoms in total. The first-order valence-electron chi connectivity index (χ1n) is 7.78. The first kappa shape index (κ1) is 15.2. The van der Waals surface area contributed by atoms with E-state index in [2.05, 4.69) is 0 Å². The Labute approximate surface area is 142 Å². The average molecular weight is 334 g/mol. The summed E-state index contributed by atoms with van der Waals surface area (Å²) in [5.74, 6) is -0.160. The standard InChI is InChI=1S/C20H14O5/c1-11-9-18(21)25-19-12(2)15(8-7-14(11)19)24-20(22)17-10-13-5-3-4-6-16(13)23-17/h3-10H,1-2H3. The van der Waals surface area contributed by atoms with E-state index in [-0.39, 0.29) is 5.76 Å². The number of carbonyl (C=O) groups is 1. The fourth-order valence-corrected chi connectivity index (χ4v) is 2.84. The van der Waals surface area contributed by atoms with Crippen molar-refractivity contribution in [2.45, 2.75) is 13.8 Å². The van der Waals surface area contributed by atoms with E-state index in [1.54, 1.807) is 31.2 Å². The van der Waals surface area contributed by atoms with Gasteiger partial charge in [0.15, 0.2) is 0 Å². The Kier molecular flexibility index (Phi) is 3.42. The first-order chi connectivity index (χ1) is 12.0. The number of furan rings is 1. The van der Waals surface area contributed by atoms with Gasteiger partial charge in [-0.2, -0.15) is 0 Å². The van der Waals surface area contributed by atoms with Crippen LogP contribution in [0.2, 0.25) is 0 Å². The molecule has 0 N–H and O–H groups in total. The number of rotatable bonds is 2. The summed E-state index contributed by atoms with van der Waals surface area (Å²) in [6.07, 6.45) is 0. The lowest BCUT2D eigenvalue weighted by molar-refractivity contribution is 0.0703. The van der Waals surface area contributed by atoms with Crippen molar-refractivity contribution in [3.05, 3.63) is 75.8 Å². The predicted molar refractivity (Wildman–Crippen MR) is 93.1 cm³/mol. The number of esters is 1. The number of para-hydroxylation sites is 1. The molecule has 0 saturated carbocycles. The van der Waals surface area contributed by atoms with Gasteiger partial charge in [-0.25, -0.2) is 9.59 Å². The van der Waals surface area contributed by atoms with Crippen molar-refractivity contribution in [3.8, 4) is 5.75 Å². The van der Waals surface area contributed by atoms with Crippen molar-refractivity contribution in [1.82, 2.24) is 0 Å². The maximum absolute atomic E-state index is 12.4. The Morgan fingerprint density at radius 1 is 1.00 bits per heavy atom. The zero-order chi connectivity index (χ0) is 17.6. The molecular weight excluding hydrogens is 320 g/mol. The highest BCUT2D eigenvalue weighted by molar-refractivity contribution is 5.94. The van der Waals surface area contributed by atoms with Crippen molar-refractivity contribution < 1.29 is 18.4 Å². The second-order valence-electron chi connectivity index (χ2n) is 5.85. The summed E-state index contributed by atoms with van der Waals surface area (Å²) in [6, 6.07) is 13.9. The van der Waals surface area contributed by atoms with Crippen molar-refractivity contribution in [2.75, 3.05) is 0 Å². The first-order valence-corrected chi connectivity index (χ1v) is 7.78. The number of fused-ring (bicyclic) bond motifs is 2. The van der Waals surface area contributed by atoms with Gasteiger partial charge in [-0.05, 0) is 43.7 Å². The van der Waals surface area contributed by atoms with E-state index >= 15 is 0 Å². The lowest BCUT2D eigenvalue weighted by atomic mass is 10.1. The van der Waals surface area contributed by atoms with Gasteiger partial charge in [0.05, 0.1) is 0 Å². The molecule has 124 valence electrons. The normalized spacial score (nSPS) is 11.1. The fraction of sp³-hybridized carbons (Fsp3) is 0.100. The summed E-state index contributed by atoms with van der Waals surface area (Å²) in [5.41, 5.74) is 1.99. The number of carbonyl (C=O) groups excluding carboxylic acids is 1. The van der Waals surface area contributed by atoms with Gasteiger partial charge in [0.2, 0.25) is 5.76 Å². The van der Waals surface area contributed by atoms with E-state index in [1.165, 1.54) is 6.07 Å². The summed E-state index contributed by atoms with van der Waals surface area (Å²) in [5, 5.41) is 1.63. The van der Waals surface area contributed by atoms with Crippen LogP contribution in [0, 0.1) is 13.8 Å². The smallest absolute Gasteiger partial charge is 0.379 e. The Balaban J connectivity index is 1.73. The SMILES string of the molecule is Cc1cc(=O)oc2c(C)c(OC(=O)c3cc4ccccc4o3)ccc12. The minimum atomic E-state index is -0.603. The molecule has 4 aromatic rings. The summed E-state index contributed by atoms with van der Waals surface area (Å²) >= 11 is 0. The van der Waals surface area contributed by atoms with Gasteiger partial charge in [-0.15, -0.1) is 0 Å². The van der Waals surface area contributed by atoms with E-state index < -0.39 is 11.6 Å². The number of hydrogen-bond acceptors (Lipinski definition) is 5. The second-order valence-corrected chi connectivity index (χ2v) is 5.85. The maximum Gasteiger partial charge on any atom is 0.379 e. The molecule has 2 heterocycles. The molecule has 0 atom stereocenters. The molecule has 2 aromatic heterocycles. The van der Waals surface area contributed by atoms with Gasteiger partial charge in [0, 0.05) is 22.4 Å². The summed E-state index contributed by atoms with van der Waals surface area (Å²) in [4.78, 5) is 24.0. The molecular formula is C20H14O5. The summed E-state index contributed by atoms with van der Waals surface area (Å²) in [7, 11) is 0. The maximum atomic E-state index is 12.4. The number of ether oxygens (including phenoxy) is 1. The van der Waals surface area contributed by atoms with Crippen LogP contribution in [0.1, 0.15) is 21.7 Å².